The summed E-state index contributed by atoms with van der Waals surface area (Å²) in [4.78, 5) is 22.2. The van der Waals surface area contributed by atoms with Crippen LogP contribution in [0, 0.1) is 0 Å². The number of hydrogen-bond donors (Lipinski definition) is 2. The van der Waals surface area contributed by atoms with Crippen LogP contribution in [0.15, 0.2) is 15.9 Å². The summed E-state index contributed by atoms with van der Waals surface area (Å²) in [5.74, 6) is -0.489. The van der Waals surface area contributed by atoms with Crippen molar-refractivity contribution in [2.24, 2.45) is 0 Å². The van der Waals surface area contributed by atoms with Gasteiger partial charge in [0.2, 0.25) is 11.8 Å². The van der Waals surface area contributed by atoms with E-state index in [4.69, 9.17) is 11.6 Å². The Hall–Kier alpha value is -0.590. The molecule has 4 nitrogen and oxygen atoms in total. The zero-order valence-corrected chi connectivity index (χ0v) is 11.4. The minimum absolute atomic E-state index is 0.0838. The van der Waals surface area contributed by atoms with Gasteiger partial charge in [0.15, 0.2) is 0 Å². The first-order chi connectivity index (χ1) is 7.61. The third-order valence-corrected chi connectivity index (χ3v) is 3.47. The van der Waals surface area contributed by atoms with E-state index < -0.39 is 0 Å². The molecule has 0 spiro atoms. The molecule has 2 amide bonds. The Morgan fingerprint density at radius 1 is 1.44 bits per heavy atom. The Labute approximate surface area is 110 Å². The van der Waals surface area contributed by atoms with E-state index in [0.717, 1.165) is 9.47 Å². The second kappa shape index (κ2) is 6.88. The van der Waals surface area contributed by atoms with Gasteiger partial charge in [-0.25, -0.2) is 0 Å². The summed E-state index contributed by atoms with van der Waals surface area (Å²) in [6.45, 7) is 0.296. The SMILES string of the molecule is O=C(CCl)NCCC(=O)Nc1cc(Br)cs1. The van der Waals surface area contributed by atoms with Crippen molar-refractivity contribution in [1.82, 2.24) is 5.32 Å². The average molecular weight is 326 g/mol. The number of rotatable bonds is 5. The Morgan fingerprint density at radius 3 is 2.75 bits per heavy atom. The lowest BCUT2D eigenvalue weighted by molar-refractivity contribution is -0.119. The molecule has 0 atom stereocenters. The first-order valence-electron chi connectivity index (χ1n) is 4.48. The van der Waals surface area contributed by atoms with Gasteiger partial charge < -0.3 is 10.6 Å². The summed E-state index contributed by atoms with van der Waals surface area (Å²) in [5.41, 5.74) is 0. The largest absolute Gasteiger partial charge is 0.355 e. The second-order valence-electron chi connectivity index (χ2n) is 2.91. The van der Waals surface area contributed by atoms with Crippen molar-refractivity contribution in [2.45, 2.75) is 6.42 Å². The topological polar surface area (TPSA) is 58.2 Å². The fraction of sp³-hybridized carbons (Fsp3) is 0.333. The highest BCUT2D eigenvalue weighted by atomic mass is 79.9. The van der Waals surface area contributed by atoms with Crippen molar-refractivity contribution in [3.8, 4) is 0 Å². The van der Waals surface area contributed by atoms with E-state index in [1.807, 2.05) is 11.4 Å². The second-order valence-corrected chi connectivity index (χ2v) is 5.01. The smallest absolute Gasteiger partial charge is 0.234 e. The van der Waals surface area contributed by atoms with Crippen LogP contribution in [-0.4, -0.2) is 24.2 Å². The number of amides is 2. The molecule has 2 N–H and O–H groups in total. The number of anilines is 1. The molecule has 0 aromatic carbocycles. The fourth-order valence-corrected chi connectivity index (χ4v) is 2.37. The summed E-state index contributed by atoms with van der Waals surface area (Å²) in [5, 5.41) is 7.89. The maximum absolute atomic E-state index is 11.4. The highest BCUT2D eigenvalue weighted by Gasteiger charge is 2.05. The van der Waals surface area contributed by atoms with E-state index >= 15 is 0 Å². The number of halogens is 2. The number of thiophene rings is 1. The van der Waals surface area contributed by atoms with E-state index in [-0.39, 0.29) is 24.1 Å². The molecular weight excluding hydrogens is 316 g/mol. The maximum atomic E-state index is 11.4. The normalized spacial score (nSPS) is 9.88. The van der Waals surface area contributed by atoms with Gasteiger partial charge in [-0.15, -0.1) is 22.9 Å². The van der Waals surface area contributed by atoms with Crippen LogP contribution in [0.3, 0.4) is 0 Å². The van der Waals surface area contributed by atoms with Gasteiger partial charge >= 0.3 is 0 Å². The minimum Gasteiger partial charge on any atom is -0.355 e. The number of nitrogens with one attached hydrogen (secondary N) is 2. The maximum Gasteiger partial charge on any atom is 0.234 e. The van der Waals surface area contributed by atoms with Gasteiger partial charge in [0.05, 0.1) is 5.00 Å². The van der Waals surface area contributed by atoms with Crippen molar-refractivity contribution in [2.75, 3.05) is 17.7 Å². The molecule has 0 saturated heterocycles. The predicted molar refractivity (Wildman–Crippen MR) is 69.0 cm³/mol. The Kier molecular flexibility index (Phi) is 5.79. The van der Waals surface area contributed by atoms with Crippen LogP contribution in [-0.2, 0) is 9.59 Å². The van der Waals surface area contributed by atoms with Gasteiger partial charge in [0.1, 0.15) is 5.88 Å². The first kappa shape index (κ1) is 13.5. The Morgan fingerprint density at radius 2 is 2.19 bits per heavy atom. The third kappa shape index (κ3) is 4.96. The molecule has 16 heavy (non-hydrogen) atoms. The minimum atomic E-state index is -0.270. The Balaban J connectivity index is 2.23. The number of hydrogen-bond acceptors (Lipinski definition) is 3. The fourth-order valence-electron chi connectivity index (χ4n) is 0.941. The quantitative estimate of drug-likeness (QED) is 0.815. The van der Waals surface area contributed by atoms with Crippen molar-refractivity contribution >= 4 is 55.7 Å². The lowest BCUT2D eigenvalue weighted by atomic mass is 10.4. The van der Waals surface area contributed by atoms with Gasteiger partial charge in [-0.05, 0) is 22.0 Å². The molecular formula is C9H10BrClN2O2S. The summed E-state index contributed by atoms with van der Waals surface area (Å²) in [6.07, 6.45) is 0.234. The molecule has 0 fully saturated rings. The van der Waals surface area contributed by atoms with Crippen molar-refractivity contribution in [3.63, 3.8) is 0 Å². The van der Waals surface area contributed by atoms with Crippen LogP contribution in [0.25, 0.3) is 0 Å². The highest BCUT2D eigenvalue weighted by Crippen LogP contribution is 2.24. The molecule has 1 rings (SSSR count). The Bertz CT molecular complexity index is 383. The van der Waals surface area contributed by atoms with Gasteiger partial charge in [0.25, 0.3) is 0 Å². The summed E-state index contributed by atoms with van der Waals surface area (Å²) < 4.78 is 0.934. The standard InChI is InChI=1S/C9H10BrClN2O2S/c10-6-3-9(16-5-6)13-7(14)1-2-12-8(15)4-11/h3,5H,1-2,4H2,(H,12,15)(H,13,14). The van der Waals surface area contributed by atoms with E-state index in [1.54, 1.807) is 0 Å². The molecule has 0 unspecified atom stereocenters. The third-order valence-electron chi connectivity index (χ3n) is 1.63. The predicted octanol–water partition coefficient (Wildman–Crippen LogP) is 2.19. The molecule has 7 heteroatoms. The number of alkyl halides is 1. The first-order valence-corrected chi connectivity index (χ1v) is 6.69. The summed E-state index contributed by atoms with van der Waals surface area (Å²) in [6, 6.07) is 1.82. The average Bonchev–Trinajstić information content (AvgIpc) is 2.63. The summed E-state index contributed by atoms with van der Waals surface area (Å²) >= 11 is 10.0. The molecule has 1 heterocycles. The van der Waals surface area contributed by atoms with Crippen LogP contribution < -0.4 is 10.6 Å². The van der Waals surface area contributed by atoms with E-state index in [9.17, 15) is 9.59 Å². The lowest BCUT2D eigenvalue weighted by Gasteiger charge is -2.03. The molecule has 1 aromatic heterocycles. The van der Waals surface area contributed by atoms with Crippen molar-refractivity contribution in [1.29, 1.82) is 0 Å². The van der Waals surface area contributed by atoms with Gasteiger partial charge in [-0.3, -0.25) is 9.59 Å². The molecule has 0 aliphatic carbocycles. The number of carbonyl (C=O) groups is 2. The number of carbonyl (C=O) groups excluding carboxylic acids is 2. The van der Waals surface area contributed by atoms with Gasteiger partial charge in [-0.2, -0.15) is 0 Å². The molecule has 1 aromatic rings. The van der Waals surface area contributed by atoms with E-state index in [2.05, 4.69) is 26.6 Å². The highest BCUT2D eigenvalue weighted by molar-refractivity contribution is 9.10. The molecule has 0 radical (unpaired) electrons. The lowest BCUT2D eigenvalue weighted by Crippen LogP contribution is -2.28. The molecule has 0 aliphatic heterocycles. The monoisotopic (exact) mass is 324 g/mol. The van der Waals surface area contributed by atoms with Crippen molar-refractivity contribution in [3.05, 3.63) is 15.9 Å². The molecule has 0 bridgehead atoms. The molecule has 0 aliphatic rings. The zero-order chi connectivity index (χ0) is 12.0. The molecule has 0 saturated carbocycles. The summed E-state index contributed by atoms with van der Waals surface area (Å²) in [7, 11) is 0. The zero-order valence-electron chi connectivity index (χ0n) is 8.26. The van der Waals surface area contributed by atoms with E-state index in [0.29, 0.717) is 6.54 Å². The van der Waals surface area contributed by atoms with E-state index in [1.165, 1.54) is 11.3 Å². The molecule has 88 valence electrons. The van der Waals surface area contributed by atoms with Crippen molar-refractivity contribution < 1.29 is 9.59 Å². The van der Waals surface area contributed by atoms with Crippen LogP contribution >= 0.6 is 38.9 Å². The van der Waals surface area contributed by atoms with Crippen LogP contribution in [0.4, 0.5) is 5.00 Å². The van der Waals surface area contributed by atoms with Gasteiger partial charge in [-0.1, -0.05) is 0 Å². The van der Waals surface area contributed by atoms with Gasteiger partial charge in [0, 0.05) is 22.8 Å². The van der Waals surface area contributed by atoms with Crippen LogP contribution in [0.1, 0.15) is 6.42 Å². The van der Waals surface area contributed by atoms with Crippen LogP contribution in [0.2, 0.25) is 0 Å². The van der Waals surface area contributed by atoms with Crippen LogP contribution in [0.5, 0.6) is 0 Å².